The van der Waals surface area contributed by atoms with Crippen molar-refractivity contribution in [2.75, 3.05) is 20.3 Å². The Morgan fingerprint density at radius 3 is 2.38 bits per heavy atom. The van der Waals surface area contributed by atoms with Gasteiger partial charge in [0.15, 0.2) is 0 Å². The second kappa shape index (κ2) is 9.82. The average molecular weight is 441 g/mol. The highest BCUT2D eigenvalue weighted by molar-refractivity contribution is 9.10. The minimum atomic E-state index is -3.83. The van der Waals surface area contributed by atoms with Gasteiger partial charge in [-0.25, -0.2) is 8.42 Å². The Balaban J connectivity index is 2.19. The minimum absolute atomic E-state index is 0.100. The van der Waals surface area contributed by atoms with Crippen LogP contribution in [0.2, 0.25) is 0 Å². The molecule has 0 aromatic heterocycles. The SMILES string of the molecule is COCCNC(=O)[C@H](Cc1ccccc1)NS(=O)(=O)c1ccc(Br)cc1. The van der Waals surface area contributed by atoms with Crippen molar-refractivity contribution in [3.8, 4) is 0 Å². The Hall–Kier alpha value is -1.74. The summed E-state index contributed by atoms with van der Waals surface area (Å²) < 4.78 is 33.5. The number of hydrogen-bond acceptors (Lipinski definition) is 4. The van der Waals surface area contributed by atoms with Gasteiger partial charge >= 0.3 is 0 Å². The highest BCUT2D eigenvalue weighted by Crippen LogP contribution is 2.15. The van der Waals surface area contributed by atoms with Crippen molar-refractivity contribution in [1.29, 1.82) is 0 Å². The van der Waals surface area contributed by atoms with Crippen LogP contribution >= 0.6 is 15.9 Å². The molecule has 0 unspecified atom stereocenters. The van der Waals surface area contributed by atoms with Crippen molar-refractivity contribution in [3.63, 3.8) is 0 Å². The van der Waals surface area contributed by atoms with E-state index in [0.29, 0.717) is 13.2 Å². The van der Waals surface area contributed by atoms with E-state index >= 15 is 0 Å². The van der Waals surface area contributed by atoms with Crippen LogP contribution in [0.1, 0.15) is 5.56 Å². The van der Waals surface area contributed by atoms with Crippen molar-refractivity contribution in [2.24, 2.45) is 0 Å². The fourth-order valence-electron chi connectivity index (χ4n) is 2.31. The van der Waals surface area contributed by atoms with Gasteiger partial charge in [-0.1, -0.05) is 46.3 Å². The largest absolute Gasteiger partial charge is 0.383 e. The van der Waals surface area contributed by atoms with Gasteiger partial charge in [-0.2, -0.15) is 4.72 Å². The van der Waals surface area contributed by atoms with Gasteiger partial charge in [-0.05, 0) is 36.2 Å². The molecule has 0 saturated carbocycles. The average Bonchev–Trinajstić information content (AvgIpc) is 2.62. The molecule has 2 N–H and O–H groups in total. The first kappa shape index (κ1) is 20.6. The third-order valence-corrected chi connectivity index (χ3v) is 5.64. The van der Waals surface area contributed by atoms with Gasteiger partial charge in [0.25, 0.3) is 0 Å². The molecule has 2 aromatic rings. The number of sulfonamides is 1. The Labute approximate surface area is 162 Å². The van der Waals surface area contributed by atoms with Gasteiger partial charge in [0.2, 0.25) is 15.9 Å². The van der Waals surface area contributed by atoms with Crippen LogP contribution < -0.4 is 10.0 Å². The molecule has 0 saturated heterocycles. The summed E-state index contributed by atoms with van der Waals surface area (Å²) in [7, 11) is -2.30. The number of amides is 1. The first-order chi connectivity index (χ1) is 12.4. The number of nitrogens with one attached hydrogen (secondary N) is 2. The maximum Gasteiger partial charge on any atom is 0.241 e. The molecule has 1 atom stereocenters. The van der Waals surface area contributed by atoms with Gasteiger partial charge < -0.3 is 10.1 Å². The molecule has 0 heterocycles. The van der Waals surface area contributed by atoms with Crippen molar-refractivity contribution < 1.29 is 17.9 Å². The van der Waals surface area contributed by atoms with E-state index in [9.17, 15) is 13.2 Å². The van der Waals surface area contributed by atoms with E-state index in [0.717, 1.165) is 10.0 Å². The van der Waals surface area contributed by atoms with Crippen LogP contribution in [0.25, 0.3) is 0 Å². The Kier molecular flexibility index (Phi) is 7.77. The molecule has 6 nitrogen and oxygen atoms in total. The third-order valence-electron chi connectivity index (χ3n) is 3.63. The predicted molar refractivity (Wildman–Crippen MR) is 103 cm³/mol. The molecule has 26 heavy (non-hydrogen) atoms. The van der Waals surface area contributed by atoms with Gasteiger partial charge in [0.05, 0.1) is 11.5 Å². The van der Waals surface area contributed by atoms with Crippen LogP contribution in [0.4, 0.5) is 0 Å². The van der Waals surface area contributed by atoms with Crippen LogP contribution in [0, 0.1) is 0 Å². The van der Waals surface area contributed by atoms with E-state index < -0.39 is 22.0 Å². The molecule has 2 rings (SSSR count). The molecule has 1 amide bonds. The van der Waals surface area contributed by atoms with Crippen LogP contribution in [-0.4, -0.2) is 40.6 Å². The molecule has 140 valence electrons. The van der Waals surface area contributed by atoms with Crippen molar-refractivity contribution in [3.05, 3.63) is 64.6 Å². The number of hydrogen-bond donors (Lipinski definition) is 2. The van der Waals surface area contributed by atoms with E-state index in [1.54, 1.807) is 12.1 Å². The first-order valence-corrected chi connectivity index (χ1v) is 10.3. The molecule has 8 heteroatoms. The summed E-state index contributed by atoms with van der Waals surface area (Å²) in [5, 5.41) is 2.69. The lowest BCUT2D eigenvalue weighted by atomic mass is 10.1. The second-order valence-electron chi connectivity index (χ2n) is 5.60. The normalized spacial score (nSPS) is 12.5. The van der Waals surface area contributed by atoms with Crippen molar-refractivity contribution in [2.45, 2.75) is 17.4 Å². The molecular formula is C18H21BrN2O4S. The van der Waals surface area contributed by atoms with Gasteiger partial charge in [0.1, 0.15) is 6.04 Å². The topological polar surface area (TPSA) is 84.5 Å². The second-order valence-corrected chi connectivity index (χ2v) is 8.23. The van der Waals surface area contributed by atoms with Gasteiger partial charge in [-0.3, -0.25) is 4.79 Å². The number of benzene rings is 2. The van der Waals surface area contributed by atoms with Crippen LogP contribution in [-0.2, 0) is 26.0 Å². The smallest absolute Gasteiger partial charge is 0.241 e. The van der Waals surface area contributed by atoms with E-state index in [4.69, 9.17) is 4.74 Å². The Morgan fingerprint density at radius 2 is 1.77 bits per heavy atom. The van der Waals surface area contributed by atoms with E-state index in [1.165, 1.54) is 19.2 Å². The Morgan fingerprint density at radius 1 is 1.12 bits per heavy atom. The number of rotatable bonds is 9. The van der Waals surface area contributed by atoms with E-state index in [-0.39, 0.29) is 11.3 Å². The van der Waals surface area contributed by atoms with Gasteiger partial charge in [0, 0.05) is 18.1 Å². The summed E-state index contributed by atoms with van der Waals surface area (Å²) in [6.07, 6.45) is 0.245. The van der Waals surface area contributed by atoms with E-state index in [2.05, 4.69) is 26.0 Å². The standard InChI is InChI=1S/C18H21BrN2O4S/c1-25-12-11-20-18(22)17(13-14-5-3-2-4-6-14)21-26(23,24)16-9-7-15(19)8-10-16/h2-10,17,21H,11-13H2,1H3,(H,20,22)/t17-/m0/s1. The lowest BCUT2D eigenvalue weighted by Crippen LogP contribution is -2.48. The summed E-state index contributed by atoms with van der Waals surface area (Å²) in [6, 6.07) is 14.6. The number of carbonyl (C=O) groups excluding carboxylic acids is 1. The summed E-state index contributed by atoms with van der Waals surface area (Å²) >= 11 is 3.27. The van der Waals surface area contributed by atoms with Crippen LogP contribution in [0.5, 0.6) is 0 Å². The Bertz CT molecular complexity index is 811. The minimum Gasteiger partial charge on any atom is -0.383 e. The molecule has 2 aromatic carbocycles. The number of ether oxygens (including phenoxy) is 1. The lowest BCUT2D eigenvalue weighted by Gasteiger charge is -2.19. The van der Waals surface area contributed by atoms with Crippen LogP contribution in [0.15, 0.2) is 64.0 Å². The highest BCUT2D eigenvalue weighted by Gasteiger charge is 2.25. The summed E-state index contributed by atoms with van der Waals surface area (Å²) in [5.74, 6) is -0.397. The predicted octanol–water partition coefficient (Wildman–Crippen LogP) is 2.10. The third kappa shape index (κ3) is 6.21. The first-order valence-electron chi connectivity index (χ1n) is 8.01. The van der Waals surface area contributed by atoms with E-state index in [1.807, 2.05) is 30.3 Å². The van der Waals surface area contributed by atoms with Crippen molar-refractivity contribution >= 4 is 31.9 Å². The summed E-state index contributed by atoms with van der Waals surface area (Å²) in [6.45, 7) is 0.657. The maximum absolute atomic E-state index is 12.6. The summed E-state index contributed by atoms with van der Waals surface area (Å²) in [4.78, 5) is 12.6. The zero-order chi connectivity index (χ0) is 19.0. The molecule has 0 aliphatic rings. The summed E-state index contributed by atoms with van der Waals surface area (Å²) in [5.41, 5.74) is 0.859. The fourth-order valence-corrected chi connectivity index (χ4v) is 3.77. The molecule has 0 aliphatic carbocycles. The zero-order valence-electron chi connectivity index (χ0n) is 14.3. The maximum atomic E-state index is 12.6. The molecular weight excluding hydrogens is 420 g/mol. The van der Waals surface area contributed by atoms with Crippen molar-refractivity contribution in [1.82, 2.24) is 10.0 Å². The molecule has 0 fully saturated rings. The lowest BCUT2D eigenvalue weighted by molar-refractivity contribution is -0.122. The quantitative estimate of drug-likeness (QED) is 0.584. The number of carbonyl (C=O) groups is 1. The zero-order valence-corrected chi connectivity index (χ0v) is 16.7. The van der Waals surface area contributed by atoms with Gasteiger partial charge in [-0.15, -0.1) is 0 Å². The fraction of sp³-hybridized carbons (Fsp3) is 0.278. The van der Waals surface area contributed by atoms with Crippen LogP contribution in [0.3, 0.4) is 0 Å². The number of methoxy groups -OCH3 is 1. The molecule has 0 bridgehead atoms. The molecule has 0 radical (unpaired) electrons. The highest BCUT2D eigenvalue weighted by atomic mass is 79.9. The number of halogens is 1. The molecule has 0 spiro atoms. The molecule has 0 aliphatic heterocycles. The monoisotopic (exact) mass is 440 g/mol.